The van der Waals surface area contributed by atoms with Gasteiger partial charge in [-0.25, -0.2) is 0 Å². The molecule has 0 aliphatic carbocycles. The second kappa shape index (κ2) is 16.9. The van der Waals surface area contributed by atoms with Crippen molar-refractivity contribution in [1.29, 1.82) is 0 Å². The smallest absolute Gasteiger partial charge is 0.0468 e. The Kier molecular flexibility index (Phi) is 19.0. The van der Waals surface area contributed by atoms with Gasteiger partial charge in [-0.2, -0.15) is 0 Å². The first-order valence-electron chi connectivity index (χ1n) is 8.07. The molecule has 2 nitrogen and oxygen atoms in total. The Morgan fingerprint density at radius 2 is 1.11 bits per heavy atom. The first kappa shape index (κ1) is 20.2. The van der Waals surface area contributed by atoms with E-state index < -0.39 is 0 Å². The molecule has 0 aromatic heterocycles. The Balaban J connectivity index is 0. The SMILES string of the molecule is CC.CC.CC1CCNCC1.CC1CCOCC1. The second-order valence-electron chi connectivity index (χ2n) is 4.73. The van der Waals surface area contributed by atoms with Crippen molar-refractivity contribution in [3.05, 3.63) is 0 Å². The third kappa shape index (κ3) is 14.0. The average Bonchev–Trinajstić information content (AvgIpc) is 2.46. The van der Waals surface area contributed by atoms with Gasteiger partial charge in [0.15, 0.2) is 0 Å². The highest BCUT2D eigenvalue weighted by molar-refractivity contribution is 4.62. The van der Waals surface area contributed by atoms with Crippen LogP contribution in [-0.4, -0.2) is 26.3 Å². The number of rotatable bonds is 0. The number of nitrogens with one attached hydrogen (secondary N) is 1. The lowest BCUT2D eigenvalue weighted by molar-refractivity contribution is 0.0716. The molecule has 2 aliphatic heterocycles. The number of hydrogen-bond acceptors (Lipinski definition) is 2. The van der Waals surface area contributed by atoms with Crippen LogP contribution in [0.25, 0.3) is 0 Å². The molecule has 0 aromatic carbocycles. The van der Waals surface area contributed by atoms with E-state index in [0.717, 1.165) is 25.0 Å². The lowest BCUT2D eigenvalue weighted by atomic mass is 10.0. The third-order valence-corrected chi connectivity index (χ3v) is 3.14. The molecule has 0 aromatic rings. The molecule has 112 valence electrons. The molecule has 0 radical (unpaired) electrons. The molecule has 0 atom stereocenters. The van der Waals surface area contributed by atoms with Gasteiger partial charge < -0.3 is 10.1 Å². The predicted molar refractivity (Wildman–Crippen MR) is 83.2 cm³/mol. The first-order valence-corrected chi connectivity index (χ1v) is 8.07. The van der Waals surface area contributed by atoms with E-state index in [-0.39, 0.29) is 0 Å². The van der Waals surface area contributed by atoms with Gasteiger partial charge in [-0.05, 0) is 50.6 Å². The summed E-state index contributed by atoms with van der Waals surface area (Å²) in [6, 6.07) is 0. The minimum absolute atomic E-state index is 0.911. The molecule has 2 heteroatoms. The van der Waals surface area contributed by atoms with E-state index in [9.17, 15) is 0 Å². The highest BCUT2D eigenvalue weighted by Gasteiger charge is 2.06. The van der Waals surface area contributed by atoms with E-state index >= 15 is 0 Å². The van der Waals surface area contributed by atoms with Gasteiger partial charge >= 0.3 is 0 Å². The Morgan fingerprint density at radius 3 is 1.33 bits per heavy atom. The van der Waals surface area contributed by atoms with Crippen molar-refractivity contribution in [2.45, 2.75) is 67.2 Å². The largest absolute Gasteiger partial charge is 0.381 e. The molecule has 2 saturated heterocycles. The quantitative estimate of drug-likeness (QED) is 0.692. The maximum absolute atomic E-state index is 5.14. The standard InChI is InChI=1S/C6H13N.C6H12O.2C2H6/c2*1-6-2-4-7-5-3-6;2*1-2/h6-7H,2-5H2,1H3;6H,2-5H2,1H3;2*1-2H3. The van der Waals surface area contributed by atoms with Gasteiger partial charge in [0.05, 0.1) is 0 Å². The summed E-state index contributed by atoms with van der Waals surface area (Å²) in [5, 5.41) is 3.32. The highest BCUT2D eigenvalue weighted by Crippen LogP contribution is 2.11. The summed E-state index contributed by atoms with van der Waals surface area (Å²) in [5.74, 6) is 1.88. The van der Waals surface area contributed by atoms with Gasteiger partial charge in [0, 0.05) is 13.2 Å². The molecule has 0 bridgehead atoms. The molecular formula is C16H37NO. The topological polar surface area (TPSA) is 21.3 Å². The molecule has 2 aliphatic rings. The van der Waals surface area contributed by atoms with Crippen molar-refractivity contribution in [2.75, 3.05) is 26.3 Å². The van der Waals surface area contributed by atoms with Gasteiger partial charge in [0.25, 0.3) is 0 Å². The molecule has 0 amide bonds. The van der Waals surface area contributed by atoms with Crippen molar-refractivity contribution in [3.8, 4) is 0 Å². The van der Waals surface area contributed by atoms with E-state index in [1.807, 2.05) is 27.7 Å². The Bertz CT molecular complexity index is 111. The van der Waals surface area contributed by atoms with Crippen molar-refractivity contribution >= 4 is 0 Å². The van der Waals surface area contributed by atoms with E-state index in [4.69, 9.17) is 4.74 Å². The Labute approximate surface area is 116 Å². The number of hydrogen-bond donors (Lipinski definition) is 1. The van der Waals surface area contributed by atoms with E-state index in [1.54, 1.807) is 0 Å². The molecule has 0 unspecified atom stereocenters. The minimum Gasteiger partial charge on any atom is -0.381 e. The number of piperidine rings is 1. The summed E-state index contributed by atoms with van der Waals surface area (Å²) >= 11 is 0. The van der Waals surface area contributed by atoms with Crippen LogP contribution >= 0.6 is 0 Å². The van der Waals surface area contributed by atoms with Crippen LogP contribution in [0.3, 0.4) is 0 Å². The Hall–Kier alpha value is -0.0800. The maximum atomic E-state index is 5.14. The van der Waals surface area contributed by atoms with Crippen molar-refractivity contribution in [1.82, 2.24) is 5.32 Å². The van der Waals surface area contributed by atoms with Gasteiger partial charge in [-0.1, -0.05) is 41.5 Å². The fourth-order valence-electron chi connectivity index (χ4n) is 1.78. The van der Waals surface area contributed by atoms with Crippen LogP contribution in [0.1, 0.15) is 67.2 Å². The summed E-state index contributed by atoms with van der Waals surface area (Å²) in [7, 11) is 0. The molecule has 1 N–H and O–H groups in total. The lowest BCUT2D eigenvalue weighted by Crippen LogP contribution is -2.26. The normalized spacial score (nSPS) is 20.3. The van der Waals surface area contributed by atoms with Crippen LogP contribution in [0.2, 0.25) is 0 Å². The summed E-state index contributed by atoms with van der Waals surface area (Å²) in [5.41, 5.74) is 0. The van der Waals surface area contributed by atoms with Crippen LogP contribution in [0.5, 0.6) is 0 Å². The summed E-state index contributed by atoms with van der Waals surface area (Å²) in [6.07, 6.45) is 5.28. The molecular weight excluding hydrogens is 222 g/mol. The predicted octanol–water partition coefficient (Wildman–Crippen LogP) is 4.49. The van der Waals surface area contributed by atoms with E-state index in [1.165, 1.54) is 38.8 Å². The fraction of sp³-hybridized carbons (Fsp3) is 1.00. The van der Waals surface area contributed by atoms with Crippen LogP contribution in [0, 0.1) is 11.8 Å². The maximum Gasteiger partial charge on any atom is 0.0468 e. The molecule has 2 rings (SSSR count). The van der Waals surface area contributed by atoms with Crippen LogP contribution in [0.15, 0.2) is 0 Å². The van der Waals surface area contributed by atoms with Crippen LogP contribution in [0.4, 0.5) is 0 Å². The minimum atomic E-state index is 0.911. The zero-order valence-electron chi connectivity index (χ0n) is 13.7. The molecule has 2 fully saturated rings. The summed E-state index contributed by atoms with van der Waals surface area (Å²) in [6.45, 7) is 17.0. The fourth-order valence-corrected chi connectivity index (χ4v) is 1.78. The highest BCUT2D eigenvalue weighted by atomic mass is 16.5. The van der Waals surface area contributed by atoms with Crippen LogP contribution < -0.4 is 5.32 Å². The molecule has 0 saturated carbocycles. The molecule has 2 heterocycles. The molecule has 18 heavy (non-hydrogen) atoms. The van der Waals surface area contributed by atoms with Crippen molar-refractivity contribution in [2.24, 2.45) is 11.8 Å². The lowest BCUT2D eigenvalue weighted by Gasteiger charge is -2.17. The number of ether oxygens (including phenoxy) is 1. The zero-order chi connectivity index (χ0) is 14.2. The van der Waals surface area contributed by atoms with Gasteiger partial charge in [-0.15, -0.1) is 0 Å². The van der Waals surface area contributed by atoms with Gasteiger partial charge in [0.2, 0.25) is 0 Å². The first-order chi connectivity index (χ1) is 8.79. The summed E-state index contributed by atoms with van der Waals surface area (Å²) < 4.78 is 5.14. The van der Waals surface area contributed by atoms with Crippen LogP contribution in [-0.2, 0) is 4.74 Å². The van der Waals surface area contributed by atoms with Crippen molar-refractivity contribution < 1.29 is 4.74 Å². The molecule has 0 spiro atoms. The van der Waals surface area contributed by atoms with Gasteiger partial charge in [-0.3, -0.25) is 0 Å². The monoisotopic (exact) mass is 259 g/mol. The zero-order valence-corrected chi connectivity index (χ0v) is 13.7. The summed E-state index contributed by atoms with van der Waals surface area (Å²) in [4.78, 5) is 0. The van der Waals surface area contributed by atoms with E-state index in [0.29, 0.717) is 0 Å². The Morgan fingerprint density at radius 1 is 0.722 bits per heavy atom. The average molecular weight is 259 g/mol. The van der Waals surface area contributed by atoms with E-state index in [2.05, 4.69) is 19.2 Å². The van der Waals surface area contributed by atoms with Crippen molar-refractivity contribution in [3.63, 3.8) is 0 Å². The van der Waals surface area contributed by atoms with Gasteiger partial charge in [0.1, 0.15) is 0 Å². The third-order valence-electron chi connectivity index (χ3n) is 3.14. The second-order valence-corrected chi connectivity index (χ2v) is 4.73.